The molecule has 10 nitrogen and oxygen atoms in total. The van der Waals surface area contributed by atoms with Gasteiger partial charge in [-0.15, -0.1) is 0 Å². The molecule has 0 bridgehead atoms. The number of hydrogen-bond acceptors (Lipinski definition) is 7. The number of hydrazine groups is 1. The summed E-state index contributed by atoms with van der Waals surface area (Å²) < 4.78 is 11.1. The molecule has 1 N–H and O–H groups in total. The molecule has 0 aromatic heterocycles. The Balaban J connectivity index is 2.45. The Morgan fingerprint density at radius 1 is 1.00 bits per heavy atom. The third-order valence-electron chi connectivity index (χ3n) is 7.28. The van der Waals surface area contributed by atoms with E-state index in [1.807, 2.05) is 58.0 Å². The molecule has 0 spiro atoms. The molecule has 0 unspecified atom stereocenters. The molecule has 1 aliphatic rings. The molecule has 1 saturated heterocycles. The van der Waals surface area contributed by atoms with E-state index in [0.717, 1.165) is 5.56 Å². The van der Waals surface area contributed by atoms with Crippen LogP contribution < -0.4 is 5.32 Å². The number of rotatable bonds is 13. The average molecular weight is 602 g/mol. The highest BCUT2D eigenvalue weighted by Crippen LogP contribution is 2.28. The van der Waals surface area contributed by atoms with Gasteiger partial charge in [-0.25, -0.2) is 14.8 Å². The Kier molecular flexibility index (Phi) is 13.7. The largest absolute Gasteiger partial charge is 0.460 e. The summed E-state index contributed by atoms with van der Waals surface area (Å²) in [6.45, 7) is 14.9. The minimum Gasteiger partial charge on any atom is -0.460 e. The fourth-order valence-corrected chi connectivity index (χ4v) is 5.03. The minimum atomic E-state index is -1.06. The lowest BCUT2D eigenvalue weighted by molar-refractivity contribution is -0.171. The van der Waals surface area contributed by atoms with Crippen LogP contribution in [0.2, 0.25) is 0 Å². The zero-order valence-corrected chi connectivity index (χ0v) is 27.2. The molecule has 1 aromatic carbocycles. The van der Waals surface area contributed by atoms with Gasteiger partial charge in [0.15, 0.2) is 5.78 Å². The van der Waals surface area contributed by atoms with Crippen molar-refractivity contribution in [1.82, 2.24) is 15.3 Å². The molecule has 1 aromatic rings. The molecule has 10 heteroatoms. The van der Waals surface area contributed by atoms with Gasteiger partial charge in [0.05, 0.1) is 18.4 Å². The number of nitrogens with zero attached hydrogens (tertiary/aromatic N) is 2. The molecular weight excluding hydrogens is 550 g/mol. The first kappa shape index (κ1) is 35.8. The summed E-state index contributed by atoms with van der Waals surface area (Å²) in [5.74, 6) is -2.42. The standard InChI is InChI=1S/C33H51N3O7/c1-9-27(37)29(23(4)5)34-30(39)26-16-13-19-35(32(41)42-21-24-14-11-10-12-15-24)36(26)31(40)25(18-17-22(2)3)20-28(38)43-33(6,7)8/h10-12,14-15,22-23,25-26,29H,9,13,16-21H2,1-8H3,(H,34,39)/t25-,26+,29+/m1/s1. The van der Waals surface area contributed by atoms with Crippen molar-refractivity contribution in [1.29, 1.82) is 0 Å². The van der Waals surface area contributed by atoms with Gasteiger partial charge in [0.2, 0.25) is 11.8 Å². The van der Waals surface area contributed by atoms with Crippen molar-refractivity contribution >= 4 is 29.7 Å². The Labute approximate surface area is 256 Å². The van der Waals surface area contributed by atoms with Gasteiger partial charge in [-0.05, 0) is 57.4 Å². The molecule has 43 heavy (non-hydrogen) atoms. The van der Waals surface area contributed by atoms with Gasteiger partial charge in [-0.1, -0.05) is 71.4 Å². The quantitative estimate of drug-likeness (QED) is 0.299. The zero-order valence-electron chi connectivity index (χ0n) is 27.2. The van der Waals surface area contributed by atoms with E-state index in [1.54, 1.807) is 27.7 Å². The topological polar surface area (TPSA) is 122 Å². The fourth-order valence-electron chi connectivity index (χ4n) is 5.03. The van der Waals surface area contributed by atoms with Gasteiger partial charge in [-0.2, -0.15) is 0 Å². The van der Waals surface area contributed by atoms with Crippen LogP contribution in [-0.2, 0) is 35.3 Å². The van der Waals surface area contributed by atoms with E-state index in [2.05, 4.69) is 5.32 Å². The number of ketones is 1. The van der Waals surface area contributed by atoms with Crippen LogP contribution in [-0.4, -0.2) is 63.9 Å². The van der Waals surface area contributed by atoms with Crippen molar-refractivity contribution in [3.8, 4) is 0 Å². The molecule has 240 valence electrons. The number of hydrogen-bond donors (Lipinski definition) is 1. The van der Waals surface area contributed by atoms with Crippen molar-refractivity contribution in [2.24, 2.45) is 17.8 Å². The van der Waals surface area contributed by atoms with Crippen molar-refractivity contribution in [3.63, 3.8) is 0 Å². The second-order valence-corrected chi connectivity index (χ2v) is 13.0. The second-order valence-electron chi connectivity index (χ2n) is 13.0. The maximum absolute atomic E-state index is 14.3. The van der Waals surface area contributed by atoms with Crippen LogP contribution in [0.5, 0.6) is 0 Å². The van der Waals surface area contributed by atoms with Gasteiger partial charge < -0.3 is 14.8 Å². The van der Waals surface area contributed by atoms with E-state index in [0.29, 0.717) is 19.3 Å². The van der Waals surface area contributed by atoms with Crippen molar-refractivity contribution in [3.05, 3.63) is 35.9 Å². The van der Waals surface area contributed by atoms with Crippen LogP contribution >= 0.6 is 0 Å². The molecular formula is C33H51N3O7. The molecule has 0 radical (unpaired) electrons. The summed E-state index contributed by atoms with van der Waals surface area (Å²) in [5.41, 5.74) is 0.0407. The van der Waals surface area contributed by atoms with Gasteiger partial charge in [0, 0.05) is 13.0 Å². The van der Waals surface area contributed by atoms with Crippen LogP contribution in [0.1, 0.15) is 99.5 Å². The van der Waals surface area contributed by atoms with Crippen molar-refractivity contribution < 1.29 is 33.4 Å². The van der Waals surface area contributed by atoms with Gasteiger partial charge >= 0.3 is 12.1 Å². The number of carbonyl (C=O) groups is 5. The maximum atomic E-state index is 14.3. The zero-order chi connectivity index (χ0) is 32.3. The normalized spacial score (nSPS) is 16.9. The lowest BCUT2D eigenvalue weighted by atomic mass is 9.92. The number of carbonyl (C=O) groups excluding carboxylic acids is 5. The number of benzene rings is 1. The monoisotopic (exact) mass is 601 g/mol. The Hall–Kier alpha value is -3.43. The predicted octanol–water partition coefficient (Wildman–Crippen LogP) is 5.44. The lowest BCUT2D eigenvalue weighted by Crippen LogP contribution is -2.64. The Morgan fingerprint density at radius 2 is 1.65 bits per heavy atom. The number of nitrogens with one attached hydrogen (secondary N) is 1. The maximum Gasteiger partial charge on any atom is 0.429 e. The SMILES string of the molecule is CCC(=O)[C@@H](NC(=O)[C@@H]1CCCN(C(=O)OCc2ccccc2)N1C(=O)[C@H](CCC(C)C)CC(=O)OC(C)(C)C)C(C)C. The molecule has 0 saturated carbocycles. The van der Waals surface area contributed by atoms with E-state index >= 15 is 0 Å². The highest BCUT2D eigenvalue weighted by molar-refractivity contribution is 5.94. The molecule has 1 aliphatic heterocycles. The first-order valence-electron chi connectivity index (χ1n) is 15.5. The van der Waals surface area contributed by atoms with E-state index in [9.17, 15) is 24.0 Å². The number of ether oxygens (including phenoxy) is 2. The average Bonchev–Trinajstić information content (AvgIpc) is 2.94. The molecule has 3 atom stereocenters. The summed E-state index contributed by atoms with van der Waals surface area (Å²) >= 11 is 0. The summed E-state index contributed by atoms with van der Waals surface area (Å²) in [7, 11) is 0. The molecule has 0 aliphatic carbocycles. The highest BCUT2D eigenvalue weighted by Gasteiger charge is 2.44. The predicted molar refractivity (Wildman–Crippen MR) is 163 cm³/mol. The Bertz CT molecular complexity index is 1100. The fraction of sp³-hybridized carbons (Fsp3) is 0.667. The van der Waals surface area contributed by atoms with Crippen LogP contribution in [0.4, 0.5) is 4.79 Å². The summed E-state index contributed by atoms with van der Waals surface area (Å²) in [6, 6.07) is 7.38. The minimum absolute atomic E-state index is 0.00974. The van der Waals surface area contributed by atoms with E-state index in [-0.39, 0.29) is 50.0 Å². The first-order chi connectivity index (χ1) is 20.1. The van der Waals surface area contributed by atoms with E-state index in [1.165, 1.54) is 10.0 Å². The van der Waals surface area contributed by atoms with Crippen LogP contribution in [0.25, 0.3) is 0 Å². The van der Waals surface area contributed by atoms with Gasteiger partial charge in [-0.3, -0.25) is 19.2 Å². The summed E-state index contributed by atoms with van der Waals surface area (Å²) in [5, 5.41) is 5.21. The first-order valence-corrected chi connectivity index (χ1v) is 15.5. The van der Waals surface area contributed by atoms with Crippen LogP contribution in [0.15, 0.2) is 30.3 Å². The van der Waals surface area contributed by atoms with Crippen LogP contribution in [0.3, 0.4) is 0 Å². The molecule has 1 fully saturated rings. The molecule has 2 rings (SSSR count). The third-order valence-corrected chi connectivity index (χ3v) is 7.28. The molecule has 1 heterocycles. The number of amides is 3. The number of esters is 1. The van der Waals surface area contributed by atoms with E-state index in [4.69, 9.17) is 9.47 Å². The van der Waals surface area contributed by atoms with Gasteiger partial charge in [0.1, 0.15) is 18.2 Å². The summed E-state index contributed by atoms with van der Waals surface area (Å²) in [4.78, 5) is 67.1. The van der Waals surface area contributed by atoms with Gasteiger partial charge in [0.25, 0.3) is 0 Å². The highest BCUT2D eigenvalue weighted by atomic mass is 16.6. The Morgan fingerprint density at radius 3 is 2.21 bits per heavy atom. The smallest absolute Gasteiger partial charge is 0.429 e. The molecule has 3 amide bonds. The van der Waals surface area contributed by atoms with Crippen molar-refractivity contribution in [2.45, 2.75) is 118 Å². The van der Waals surface area contributed by atoms with Crippen molar-refractivity contribution in [2.75, 3.05) is 6.54 Å². The summed E-state index contributed by atoms with van der Waals surface area (Å²) in [6.07, 6.45) is 1.05. The lowest BCUT2D eigenvalue weighted by Gasteiger charge is -2.44. The second kappa shape index (κ2) is 16.4. The number of Topliss-reactive ketones (excluding diaryl/α,β-unsaturated/α-hetero) is 1. The van der Waals surface area contributed by atoms with Crippen LogP contribution in [0, 0.1) is 17.8 Å². The third kappa shape index (κ3) is 11.3. The van der Waals surface area contributed by atoms with E-state index < -0.39 is 47.5 Å².